The third-order valence-electron chi connectivity index (χ3n) is 5.91. The van der Waals surface area contributed by atoms with Gasteiger partial charge in [-0.25, -0.2) is 9.18 Å². The highest BCUT2D eigenvalue weighted by Crippen LogP contribution is 2.38. The van der Waals surface area contributed by atoms with Gasteiger partial charge in [-0.1, -0.05) is 12.8 Å². The summed E-state index contributed by atoms with van der Waals surface area (Å²) in [6, 6.07) is 0.264. The van der Waals surface area contributed by atoms with Crippen molar-refractivity contribution in [1.82, 2.24) is 20.8 Å². The number of nitrogens with one attached hydrogen (secondary N) is 4. The first-order valence-corrected chi connectivity index (χ1v) is 10.6. The Morgan fingerprint density at radius 2 is 1.90 bits per heavy atom. The van der Waals surface area contributed by atoms with Gasteiger partial charge in [-0.2, -0.15) is 5.10 Å². The molecule has 3 amide bonds. The maximum absolute atomic E-state index is 15.1. The number of anilines is 1. The predicted octanol–water partition coefficient (Wildman–Crippen LogP) is 1.74. The molecule has 2 aliphatic carbocycles. The Kier molecular flexibility index (Phi) is 6.91. The van der Waals surface area contributed by atoms with Crippen LogP contribution in [0.5, 0.6) is 0 Å². The zero-order valence-corrected chi connectivity index (χ0v) is 17.5. The van der Waals surface area contributed by atoms with Crippen molar-refractivity contribution in [3.05, 3.63) is 12.3 Å². The molecule has 31 heavy (non-hydrogen) atoms. The second-order valence-corrected chi connectivity index (χ2v) is 8.15. The largest absolute Gasteiger partial charge is 0.450 e. The summed E-state index contributed by atoms with van der Waals surface area (Å²) in [5, 5.41) is 13.7. The maximum Gasteiger partial charge on any atom is 0.407 e. The molecule has 1 aromatic heterocycles. The minimum atomic E-state index is -1.57. The number of ether oxygens (including phenoxy) is 1. The highest BCUT2D eigenvalue weighted by Gasteiger charge is 2.50. The average Bonchev–Trinajstić information content (AvgIpc) is 3.35. The number of rotatable bonds is 9. The molecular formula is C20H28FN5O5. The number of ketones is 1. The summed E-state index contributed by atoms with van der Waals surface area (Å²) >= 11 is 0. The number of nitrogens with zero attached hydrogens (tertiary/aromatic N) is 1. The van der Waals surface area contributed by atoms with E-state index in [4.69, 9.17) is 4.74 Å². The van der Waals surface area contributed by atoms with Crippen molar-refractivity contribution in [2.24, 2.45) is 0 Å². The smallest absolute Gasteiger partial charge is 0.407 e. The Balaban J connectivity index is 1.70. The molecule has 170 valence electrons. The molecule has 0 bridgehead atoms. The van der Waals surface area contributed by atoms with Gasteiger partial charge in [0.1, 0.15) is 17.2 Å². The van der Waals surface area contributed by atoms with Crippen LogP contribution in [-0.4, -0.2) is 57.7 Å². The van der Waals surface area contributed by atoms with Crippen molar-refractivity contribution in [2.75, 3.05) is 11.9 Å². The fraction of sp³-hybridized carbons (Fsp3) is 0.650. The van der Waals surface area contributed by atoms with Crippen LogP contribution in [-0.2, 0) is 19.1 Å². The molecule has 1 atom stereocenters. The molecule has 0 radical (unpaired) electrons. The predicted molar refractivity (Wildman–Crippen MR) is 108 cm³/mol. The van der Waals surface area contributed by atoms with E-state index in [-0.39, 0.29) is 31.7 Å². The van der Waals surface area contributed by atoms with Gasteiger partial charge in [0.15, 0.2) is 5.82 Å². The Morgan fingerprint density at radius 3 is 2.45 bits per heavy atom. The Bertz CT molecular complexity index is 818. The lowest BCUT2D eigenvalue weighted by atomic mass is 9.73. The molecule has 2 aliphatic rings. The Morgan fingerprint density at radius 1 is 1.19 bits per heavy atom. The lowest BCUT2D eigenvalue weighted by Crippen LogP contribution is -2.65. The van der Waals surface area contributed by atoms with Crippen LogP contribution in [0.2, 0.25) is 0 Å². The van der Waals surface area contributed by atoms with Crippen LogP contribution in [0.1, 0.15) is 58.3 Å². The molecule has 1 heterocycles. The summed E-state index contributed by atoms with van der Waals surface area (Å²) in [5.74, 6) is -2.24. The number of halogens is 1. The topological polar surface area (TPSA) is 142 Å². The summed E-state index contributed by atoms with van der Waals surface area (Å²) < 4.78 is 19.9. The van der Waals surface area contributed by atoms with Gasteiger partial charge in [0, 0.05) is 18.7 Å². The quantitative estimate of drug-likeness (QED) is 0.434. The number of alkyl halides is 1. The summed E-state index contributed by atoms with van der Waals surface area (Å²) in [4.78, 5) is 50.1. The fourth-order valence-electron chi connectivity index (χ4n) is 4.09. The van der Waals surface area contributed by atoms with E-state index < -0.39 is 40.9 Å². The molecule has 2 saturated carbocycles. The van der Waals surface area contributed by atoms with E-state index in [9.17, 15) is 19.2 Å². The number of hydrogen-bond donors (Lipinski definition) is 4. The van der Waals surface area contributed by atoms with E-state index in [2.05, 4.69) is 26.1 Å². The van der Waals surface area contributed by atoms with Crippen molar-refractivity contribution in [1.29, 1.82) is 0 Å². The standard InChI is InChI=1S/C20H28FN5O5/c1-2-31-18(30)23-13(12-19(21)7-3-4-8-19)16(28)25-20(9-5-10-20)15(27)17(29)24-14-6-11-22-26-14/h6,11,13H,2-5,7-10,12H2,1H3,(H,23,30)(H,25,28)(H2,22,24,26,29)/t13-/m0/s1. The van der Waals surface area contributed by atoms with E-state index in [0.29, 0.717) is 32.1 Å². The first kappa shape index (κ1) is 22.7. The van der Waals surface area contributed by atoms with Crippen LogP contribution >= 0.6 is 0 Å². The fourth-order valence-corrected chi connectivity index (χ4v) is 4.09. The van der Waals surface area contributed by atoms with Crippen molar-refractivity contribution in [3.8, 4) is 0 Å². The minimum absolute atomic E-state index is 0.0940. The summed E-state index contributed by atoms with van der Waals surface area (Å²) in [6.45, 7) is 1.71. The van der Waals surface area contributed by atoms with Crippen molar-refractivity contribution in [3.63, 3.8) is 0 Å². The number of Topliss-reactive ketones (excluding diaryl/α,β-unsaturated/α-hetero) is 1. The van der Waals surface area contributed by atoms with Crippen LogP contribution in [0.3, 0.4) is 0 Å². The van der Waals surface area contributed by atoms with Crippen LogP contribution in [0.15, 0.2) is 12.3 Å². The summed E-state index contributed by atoms with van der Waals surface area (Å²) in [6.07, 6.45) is 3.65. The van der Waals surface area contributed by atoms with Gasteiger partial charge >= 0.3 is 6.09 Å². The molecule has 2 fully saturated rings. The minimum Gasteiger partial charge on any atom is -0.450 e. The molecule has 0 unspecified atom stereocenters. The van der Waals surface area contributed by atoms with Crippen molar-refractivity contribution < 1.29 is 28.3 Å². The lowest BCUT2D eigenvalue weighted by Gasteiger charge is -2.41. The molecule has 0 saturated heterocycles. The van der Waals surface area contributed by atoms with E-state index >= 15 is 4.39 Å². The average molecular weight is 437 g/mol. The number of hydrogen-bond acceptors (Lipinski definition) is 6. The van der Waals surface area contributed by atoms with Gasteiger partial charge in [0.2, 0.25) is 11.7 Å². The second-order valence-electron chi connectivity index (χ2n) is 8.15. The zero-order valence-electron chi connectivity index (χ0n) is 17.5. The van der Waals surface area contributed by atoms with Crippen LogP contribution in [0.25, 0.3) is 0 Å². The van der Waals surface area contributed by atoms with E-state index in [0.717, 1.165) is 0 Å². The number of amides is 3. The van der Waals surface area contributed by atoms with Crippen LogP contribution in [0, 0.1) is 0 Å². The second kappa shape index (κ2) is 9.44. The molecule has 0 spiro atoms. The molecule has 0 aliphatic heterocycles. The number of H-pyrrole nitrogens is 1. The number of aromatic nitrogens is 2. The van der Waals surface area contributed by atoms with Gasteiger partial charge < -0.3 is 20.7 Å². The molecule has 0 aromatic carbocycles. The Hall–Kier alpha value is -2.98. The van der Waals surface area contributed by atoms with Crippen molar-refractivity contribution >= 4 is 29.5 Å². The van der Waals surface area contributed by atoms with E-state index in [1.165, 1.54) is 12.3 Å². The van der Waals surface area contributed by atoms with Gasteiger partial charge in [-0.3, -0.25) is 19.5 Å². The van der Waals surface area contributed by atoms with Gasteiger partial charge in [0.05, 0.1) is 6.61 Å². The normalized spacial score (nSPS) is 19.5. The molecule has 3 rings (SSSR count). The third kappa shape index (κ3) is 5.39. The molecule has 4 N–H and O–H groups in total. The number of alkyl carbamates (subject to hydrolysis) is 1. The summed E-state index contributed by atoms with van der Waals surface area (Å²) in [5.41, 5.74) is -2.96. The zero-order chi connectivity index (χ0) is 22.5. The molecule has 1 aromatic rings. The Labute approximate surface area is 179 Å². The molecule has 10 nitrogen and oxygen atoms in total. The van der Waals surface area contributed by atoms with Gasteiger partial charge in [-0.05, 0) is 39.0 Å². The first-order valence-electron chi connectivity index (χ1n) is 10.6. The molecule has 11 heteroatoms. The number of carbonyl (C=O) groups is 4. The monoisotopic (exact) mass is 437 g/mol. The highest BCUT2D eigenvalue weighted by atomic mass is 19.1. The number of carbonyl (C=O) groups excluding carboxylic acids is 4. The van der Waals surface area contributed by atoms with Crippen LogP contribution in [0.4, 0.5) is 15.0 Å². The first-order chi connectivity index (χ1) is 14.8. The third-order valence-corrected chi connectivity index (χ3v) is 5.91. The van der Waals surface area contributed by atoms with Gasteiger partial charge in [0.25, 0.3) is 5.91 Å². The highest BCUT2D eigenvalue weighted by molar-refractivity contribution is 6.44. The summed E-state index contributed by atoms with van der Waals surface area (Å²) in [7, 11) is 0. The van der Waals surface area contributed by atoms with Gasteiger partial charge in [-0.15, -0.1) is 0 Å². The SMILES string of the molecule is CCOC(=O)N[C@@H](CC1(F)CCCC1)C(=O)NC1(C(=O)C(=O)Nc2cc[nH]n2)CCC1. The maximum atomic E-state index is 15.1. The van der Waals surface area contributed by atoms with Crippen molar-refractivity contribution in [2.45, 2.75) is 75.5 Å². The lowest BCUT2D eigenvalue weighted by molar-refractivity contribution is -0.144. The molecular weight excluding hydrogens is 409 g/mol. The van der Waals surface area contributed by atoms with E-state index in [1.54, 1.807) is 6.92 Å². The van der Waals surface area contributed by atoms with E-state index in [1.807, 2.05) is 0 Å². The van der Waals surface area contributed by atoms with Crippen LogP contribution < -0.4 is 16.0 Å². The number of aromatic amines is 1.